The zero-order valence-corrected chi connectivity index (χ0v) is 17.6. The van der Waals surface area contributed by atoms with Crippen molar-refractivity contribution < 1.29 is 4.79 Å². The molecule has 2 aromatic carbocycles. The van der Waals surface area contributed by atoms with Gasteiger partial charge >= 0.3 is 0 Å². The van der Waals surface area contributed by atoms with Gasteiger partial charge in [-0.15, -0.1) is 0 Å². The maximum atomic E-state index is 12.2. The summed E-state index contributed by atoms with van der Waals surface area (Å²) in [5, 5.41) is 3.69. The van der Waals surface area contributed by atoms with Crippen molar-refractivity contribution in [3.63, 3.8) is 0 Å². The molecule has 1 amide bonds. The topological polar surface area (TPSA) is 35.6 Å². The summed E-state index contributed by atoms with van der Waals surface area (Å²) in [6.45, 7) is 6.03. The number of likely N-dealkylation sites (tertiary alicyclic amines) is 1. The van der Waals surface area contributed by atoms with Gasteiger partial charge in [-0.2, -0.15) is 0 Å². The summed E-state index contributed by atoms with van der Waals surface area (Å²) in [7, 11) is 2.12. The Labute approximate surface area is 173 Å². The molecule has 28 heavy (non-hydrogen) atoms. The van der Waals surface area contributed by atoms with Gasteiger partial charge in [-0.3, -0.25) is 4.79 Å². The van der Waals surface area contributed by atoms with Crippen LogP contribution in [0.4, 0.5) is 5.69 Å². The van der Waals surface area contributed by atoms with Crippen LogP contribution in [0.1, 0.15) is 48.1 Å². The number of carbonyl (C=O) groups is 1. The Bertz CT molecular complexity index is 772. The van der Waals surface area contributed by atoms with Crippen molar-refractivity contribution >= 4 is 23.2 Å². The number of anilines is 1. The minimum atomic E-state index is -0.0143. The molecule has 0 radical (unpaired) electrons. The number of nitrogens with one attached hydrogen (secondary N) is 1. The Kier molecular flexibility index (Phi) is 7.35. The van der Waals surface area contributed by atoms with E-state index in [0.29, 0.717) is 12.1 Å². The standard InChI is InChI=1S/C23H30ClN3O/c1-3-13-25-23(28)18-9-11-21(12-10-18)26(2)22(17-27-14-4-5-15-27)19-7-6-8-20(24)16-19/h6-12,16,22H,3-5,13-15,17H2,1-2H3,(H,25,28)/t22-/m1/s1. The van der Waals surface area contributed by atoms with Crippen molar-refractivity contribution in [2.75, 3.05) is 38.1 Å². The van der Waals surface area contributed by atoms with E-state index in [1.165, 1.54) is 18.4 Å². The van der Waals surface area contributed by atoms with Crippen LogP contribution in [0.15, 0.2) is 48.5 Å². The van der Waals surface area contributed by atoms with Crippen molar-refractivity contribution in [3.05, 3.63) is 64.7 Å². The lowest BCUT2D eigenvalue weighted by Gasteiger charge is -2.33. The molecule has 1 N–H and O–H groups in total. The van der Waals surface area contributed by atoms with Gasteiger partial charge in [0.1, 0.15) is 0 Å². The number of amides is 1. The van der Waals surface area contributed by atoms with Crippen LogP contribution < -0.4 is 10.2 Å². The lowest BCUT2D eigenvalue weighted by atomic mass is 10.0. The second kappa shape index (κ2) is 9.94. The molecule has 1 fully saturated rings. The van der Waals surface area contributed by atoms with Gasteiger partial charge < -0.3 is 15.1 Å². The van der Waals surface area contributed by atoms with Gasteiger partial charge in [0.2, 0.25) is 0 Å². The maximum absolute atomic E-state index is 12.2. The molecule has 0 aromatic heterocycles. The Morgan fingerprint density at radius 3 is 2.54 bits per heavy atom. The van der Waals surface area contributed by atoms with Crippen LogP contribution >= 0.6 is 11.6 Å². The fourth-order valence-electron chi connectivity index (χ4n) is 3.74. The monoisotopic (exact) mass is 399 g/mol. The second-order valence-electron chi connectivity index (χ2n) is 7.49. The number of benzene rings is 2. The van der Waals surface area contributed by atoms with E-state index in [4.69, 9.17) is 11.6 Å². The predicted octanol–water partition coefficient (Wildman–Crippen LogP) is 4.75. The molecule has 1 atom stereocenters. The molecule has 1 heterocycles. The van der Waals surface area contributed by atoms with Gasteiger partial charge in [0.05, 0.1) is 6.04 Å². The molecule has 2 aromatic rings. The molecular weight excluding hydrogens is 370 g/mol. The van der Waals surface area contributed by atoms with Crippen LogP contribution in [0.5, 0.6) is 0 Å². The highest BCUT2D eigenvalue weighted by molar-refractivity contribution is 6.30. The van der Waals surface area contributed by atoms with E-state index in [1.807, 2.05) is 36.4 Å². The first-order chi connectivity index (χ1) is 13.6. The summed E-state index contributed by atoms with van der Waals surface area (Å²) >= 11 is 6.28. The summed E-state index contributed by atoms with van der Waals surface area (Å²) in [6, 6.07) is 16.2. The average Bonchev–Trinajstić information content (AvgIpc) is 3.23. The van der Waals surface area contributed by atoms with E-state index in [2.05, 4.69) is 41.2 Å². The van der Waals surface area contributed by atoms with Crippen LogP contribution in [-0.4, -0.2) is 44.0 Å². The zero-order valence-electron chi connectivity index (χ0n) is 16.8. The molecule has 3 rings (SSSR count). The summed E-state index contributed by atoms with van der Waals surface area (Å²) in [5.74, 6) is -0.0143. The first-order valence-electron chi connectivity index (χ1n) is 10.2. The fourth-order valence-corrected chi connectivity index (χ4v) is 3.94. The van der Waals surface area contributed by atoms with Gasteiger partial charge in [0.15, 0.2) is 0 Å². The molecular formula is C23H30ClN3O. The van der Waals surface area contributed by atoms with Crippen molar-refractivity contribution in [1.82, 2.24) is 10.2 Å². The van der Waals surface area contributed by atoms with E-state index in [9.17, 15) is 4.79 Å². The van der Waals surface area contributed by atoms with E-state index in [-0.39, 0.29) is 11.9 Å². The van der Waals surface area contributed by atoms with Crippen LogP contribution in [0.3, 0.4) is 0 Å². The van der Waals surface area contributed by atoms with Crippen molar-refractivity contribution in [2.24, 2.45) is 0 Å². The van der Waals surface area contributed by atoms with Crippen LogP contribution in [-0.2, 0) is 0 Å². The molecule has 0 spiro atoms. The number of nitrogens with zero attached hydrogens (tertiary/aromatic N) is 2. The maximum Gasteiger partial charge on any atom is 0.251 e. The highest BCUT2D eigenvalue weighted by atomic mass is 35.5. The van der Waals surface area contributed by atoms with Gasteiger partial charge in [-0.05, 0) is 74.3 Å². The third-order valence-electron chi connectivity index (χ3n) is 5.40. The molecule has 1 aliphatic rings. The highest BCUT2D eigenvalue weighted by Crippen LogP contribution is 2.29. The summed E-state index contributed by atoms with van der Waals surface area (Å²) in [4.78, 5) is 17.0. The van der Waals surface area contributed by atoms with E-state index < -0.39 is 0 Å². The molecule has 5 heteroatoms. The number of rotatable bonds is 8. The van der Waals surface area contributed by atoms with Crippen LogP contribution in [0, 0.1) is 0 Å². The summed E-state index contributed by atoms with van der Waals surface area (Å²) in [6.07, 6.45) is 3.48. The smallest absolute Gasteiger partial charge is 0.251 e. The van der Waals surface area contributed by atoms with Gasteiger partial charge in [0, 0.05) is 36.4 Å². The predicted molar refractivity (Wildman–Crippen MR) is 117 cm³/mol. The normalized spacial score (nSPS) is 15.4. The molecule has 150 valence electrons. The third-order valence-corrected chi connectivity index (χ3v) is 5.64. The molecule has 0 aliphatic carbocycles. The molecule has 0 bridgehead atoms. The second-order valence-corrected chi connectivity index (χ2v) is 7.93. The molecule has 0 unspecified atom stereocenters. The van der Waals surface area contributed by atoms with E-state index in [1.54, 1.807) is 0 Å². The van der Waals surface area contributed by atoms with Gasteiger partial charge in [-0.25, -0.2) is 0 Å². The Hall–Kier alpha value is -2.04. The lowest BCUT2D eigenvalue weighted by Crippen LogP contribution is -2.35. The molecule has 0 saturated carbocycles. The summed E-state index contributed by atoms with van der Waals surface area (Å²) in [5.41, 5.74) is 3.01. The Morgan fingerprint density at radius 1 is 1.18 bits per heavy atom. The average molecular weight is 400 g/mol. The fraction of sp³-hybridized carbons (Fsp3) is 0.435. The summed E-state index contributed by atoms with van der Waals surface area (Å²) < 4.78 is 0. The van der Waals surface area contributed by atoms with Crippen LogP contribution in [0.25, 0.3) is 0 Å². The molecule has 1 saturated heterocycles. The quantitative estimate of drug-likeness (QED) is 0.695. The van der Waals surface area contributed by atoms with Gasteiger partial charge in [-0.1, -0.05) is 30.7 Å². The number of carbonyl (C=O) groups excluding carboxylic acids is 1. The SMILES string of the molecule is CCCNC(=O)c1ccc(N(C)[C@H](CN2CCCC2)c2cccc(Cl)c2)cc1. The number of likely N-dealkylation sites (N-methyl/N-ethyl adjacent to an activating group) is 1. The van der Waals surface area contributed by atoms with E-state index in [0.717, 1.165) is 36.8 Å². The van der Waals surface area contributed by atoms with Crippen LogP contribution in [0.2, 0.25) is 5.02 Å². The lowest BCUT2D eigenvalue weighted by molar-refractivity contribution is 0.0953. The zero-order chi connectivity index (χ0) is 19.9. The van der Waals surface area contributed by atoms with Crippen molar-refractivity contribution in [3.8, 4) is 0 Å². The number of hydrogen-bond acceptors (Lipinski definition) is 3. The minimum Gasteiger partial charge on any atom is -0.366 e. The first-order valence-corrected chi connectivity index (χ1v) is 10.5. The molecule has 1 aliphatic heterocycles. The molecule has 4 nitrogen and oxygen atoms in total. The van der Waals surface area contributed by atoms with Gasteiger partial charge in [0.25, 0.3) is 5.91 Å². The van der Waals surface area contributed by atoms with E-state index >= 15 is 0 Å². The largest absolute Gasteiger partial charge is 0.366 e. The first kappa shape index (κ1) is 20.7. The highest BCUT2D eigenvalue weighted by Gasteiger charge is 2.23. The number of hydrogen-bond donors (Lipinski definition) is 1. The third kappa shape index (κ3) is 5.27. The minimum absolute atomic E-state index is 0.0143. The van der Waals surface area contributed by atoms with Crippen molar-refractivity contribution in [2.45, 2.75) is 32.2 Å². The Balaban J connectivity index is 1.79. The van der Waals surface area contributed by atoms with Crippen molar-refractivity contribution in [1.29, 1.82) is 0 Å². The Morgan fingerprint density at radius 2 is 1.89 bits per heavy atom. The number of halogens is 1.